The number of hydrogen-bond donors (Lipinski definition) is 1. The molecule has 1 fully saturated rings. The van der Waals surface area contributed by atoms with Gasteiger partial charge in [-0.05, 0) is 17.5 Å². The van der Waals surface area contributed by atoms with Crippen LogP contribution >= 0.6 is 0 Å². The SMILES string of the molecule is CC1(C)CN(CC(O)C(F)(F)F)C(=O)CN(C(=O)c2ccccc2)C1. The average molecular weight is 358 g/mol. The number of aliphatic hydroxyl groups excluding tert-OH is 1. The Kier molecular flexibility index (Phi) is 5.41. The number of nitrogens with zero attached hydrogens (tertiary/aromatic N) is 2. The van der Waals surface area contributed by atoms with Gasteiger partial charge in [0.25, 0.3) is 5.91 Å². The van der Waals surface area contributed by atoms with Gasteiger partial charge in [0.1, 0.15) is 6.54 Å². The van der Waals surface area contributed by atoms with Gasteiger partial charge in [-0.3, -0.25) is 9.59 Å². The minimum atomic E-state index is -4.80. The minimum Gasteiger partial charge on any atom is -0.382 e. The number of benzene rings is 1. The average Bonchev–Trinajstić information content (AvgIpc) is 2.62. The van der Waals surface area contributed by atoms with Gasteiger partial charge in [0, 0.05) is 18.7 Å². The van der Waals surface area contributed by atoms with E-state index < -0.39 is 30.1 Å². The monoisotopic (exact) mass is 358 g/mol. The molecule has 1 heterocycles. The summed E-state index contributed by atoms with van der Waals surface area (Å²) in [5, 5.41) is 9.27. The molecule has 0 spiro atoms. The molecular formula is C17H21F3N2O3. The van der Waals surface area contributed by atoms with E-state index in [4.69, 9.17) is 0 Å². The van der Waals surface area contributed by atoms with Gasteiger partial charge >= 0.3 is 6.18 Å². The zero-order valence-electron chi connectivity index (χ0n) is 14.1. The fraction of sp³-hybridized carbons (Fsp3) is 0.529. The first-order chi connectivity index (χ1) is 11.5. The zero-order valence-corrected chi connectivity index (χ0v) is 14.1. The Morgan fingerprint density at radius 1 is 1.24 bits per heavy atom. The van der Waals surface area contributed by atoms with Crippen LogP contribution in [0.25, 0.3) is 0 Å². The van der Waals surface area contributed by atoms with Crippen LogP contribution in [-0.4, -0.2) is 65.2 Å². The molecule has 25 heavy (non-hydrogen) atoms. The standard InChI is InChI=1S/C17H21F3N2O3/c1-16(2)10-21(8-13(23)17(18,19)20)14(24)9-22(11-16)15(25)12-6-4-3-5-7-12/h3-7,13,23H,8-11H2,1-2H3. The van der Waals surface area contributed by atoms with Crippen molar-refractivity contribution >= 4 is 11.8 Å². The first-order valence-electron chi connectivity index (χ1n) is 7.86. The van der Waals surface area contributed by atoms with Crippen LogP contribution in [0, 0.1) is 5.41 Å². The molecule has 0 bridgehead atoms. The number of halogens is 3. The normalized spacial score (nSPS) is 19.5. The van der Waals surface area contributed by atoms with Gasteiger partial charge in [0.05, 0.1) is 6.54 Å². The molecule has 1 aromatic rings. The van der Waals surface area contributed by atoms with Gasteiger partial charge in [0.15, 0.2) is 6.10 Å². The highest BCUT2D eigenvalue weighted by atomic mass is 19.4. The van der Waals surface area contributed by atoms with Crippen LogP contribution in [0.2, 0.25) is 0 Å². The molecule has 0 saturated carbocycles. The molecule has 2 rings (SSSR count). The molecule has 1 aliphatic heterocycles. The van der Waals surface area contributed by atoms with Crippen LogP contribution in [0.15, 0.2) is 30.3 Å². The molecule has 1 aliphatic rings. The Balaban J connectivity index is 2.18. The van der Waals surface area contributed by atoms with Crippen molar-refractivity contribution in [1.82, 2.24) is 9.80 Å². The van der Waals surface area contributed by atoms with E-state index in [0.717, 1.165) is 4.90 Å². The lowest BCUT2D eigenvalue weighted by Crippen LogP contribution is -2.47. The summed E-state index contributed by atoms with van der Waals surface area (Å²) in [4.78, 5) is 27.3. The molecule has 0 aromatic heterocycles. The summed E-state index contributed by atoms with van der Waals surface area (Å²) in [6, 6.07) is 8.40. The van der Waals surface area contributed by atoms with E-state index in [1.807, 2.05) is 0 Å². The van der Waals surface area contributed by atoms with Crippen LogP contribution < -0.4 is 0 Å². The van der Waals surface area contributed by atoms with E-state index in [-0.39, 0.29) is 25.5 Å². The Bertz CT molecular complexity index is 632. The van der Waals surface area contributed by atoms with Crippen LogP contribution in [0.5, 0.6) is 0 Å². The number of alkyl halides is 3. The second kappa shape index (κ2) is 7.03. The molecule has 1 saturated heterocycles. The van der Waals surface area contributed by atoms with Crippen molar-refractivity contribution in [2.75, 3.05) is 26.2 Å². The van der Waals surface area contributed by atoms with Gasteiger partial charge in [-0.25, -0.2) is 0 Å². The van der Waals surface area contributed by atoms with Crippen molar-refractivity contribution in [3.05, 3.63) is 35.9 Å². The Labute approximate surface area is 144 Å². The number of carbonyl (C=O) groups excluding carboxylic acids is 2. The van der Waals surface area contributed by atoms with E-state index in [1.165, 1.54) is 4.90 Å². The van der Waals surface area contributed by atoms with E-state index in [9.17, 15) is 27.9 Å². The predicted octanol–water partition coefficient (Wildman–Crippen LogP) is 1.92. The topological polar surface area (TPSA) is 60.9 Å². The largest absolute Gasteiger partial charge is 0.416 e. The zero-order chi connectivity index (χ0) is 18.8. The lowest BCUT2D eigenvalue weighted by Gasteiger charge is -2.31. The second-order valence-electron chi connectivity index (χ2n) is 7.02. The summed E-state index contributed by atoms with van der Waals surface area (Å²) in [6.07, 6.45) is -7.40. The summed E-state index contributed by atoms with van der Waals surface area (Å²) in [6.45, 7) is 2.64. The van der Waals surface area contributed by atoms with Crippen LogP contribution in [-0.2, 0) is 4.79 Å². The Morgan fingerprint density at radius 3 is 2.40 bits per heavy atom. The fourth-order valence-corrected chi connectivity index (χ4v) is 2.88. The van der Waals surface area contributed by atoms with Crippen molar-refractivity contribution in [3.63, 3.8) is 0 Å². The minimum absolute atomic E-state index is 0.0253. The lowest BCUT2D eigenvalue weighted by molar-refractivity contribution is -0.208. The number of rotatable bonds is 3. The van der Waals surface area contributed by atoms with E-state index >= 15 is 0 Å². The van der Waals surface area contributed by atoms with Gasteiger partial charge in [-0.1, -0.05) is 32.0 Å². The number of β-amino-alcohol motifs (C(OH)–C–C–N with tert-alkyl or cyclic N) is 1. The van der Waals surface area contributed by atoms with Crippen LogP contribution in [0.4, 0.5) is 13.2 Å². The van der Waals surface area contributed by atoms with E-state index in [1.54, 1.807) is 44.2 Å². The molecule has 1 atom stereocenters. The highest BCUT2D eigenvalue weighted by Crippen LogP contribution is 2.26. The first-order valence-corrected chi connectivity index (χ1v) is 7.86. The lowest BCUT2D eigenvalue weighted by atomic mass is 9.92. The van der Waals surface area contributed by atoms with E-state index in [2.05, 4.69) is 0 Å². The fourth-order valence-electron chi connectivity index (χ4n) is 2.88. The molecule has 138 valence electrons. The third-order valence-corrected chi connectivity index (χ3v) is 4.00. The third-order valence-electron chi connectivity index (χ3n) is 4.00. The number of aliphatic hydroxyl groups is 1. The maximum atomic E-state index is 12.6. The van der Waals surface area contributed by atoms with Crippen LogP contribution in [0.3, 0.4) is 0 Å². The molecule has 2 amide bonds. The summed E-state index contributed by atoms with van der Waals surface area (Å²) >= 11 is 0. The van der Waals surface area contributed by atoms with Crippen molar-refractivity contribution in [2.24, 2.45) is 5.41 Å². The first kappa shape index (κ1) is 19.2. The third kappa shape index (κ3) is 4.94. The number of carbonyl (C=O) groups is 2. The van der Waals surface area contributed by atoms with Gasteiger partial charge in [-0.2, -0.15) is 13.2 Å². The van der Waals surface area contributed by atoms with Gasteiger partial charge in [-0.15, -0.1) is 0 Å². The summed E-state index contributed by atoms with van der Waals surface area (Å²) < 4.78 is 37.8. The van der Waals surface area contributed by atoms with E-state index in [0.29, 0.717) is 5.56 Å². The summed E-state index contributed by atoms with van der Waals surface area (Å²) in [5.41, 5.74) is -0.197. The molecule has 0 aliphatic carbocycles. The van der Waals surface area contributed by atoms with Gasteiger partial charge < -0.3 is 14.9 Å². The summed E-state index contributed by atoms with van der Waals surface area (Å²) in [5.74, 6) is -0.960. The molecule has 1 unspecified atom stereocenters. The Morgan fingerprint density at radius 2 is 1.84 bits per heavy atom. The predicted molar refractivity (Wildman–Crippen MR) is 84.8 cm³/mol. The van der Waals surface area contributed by atoms with Crippen LogP contribution in [0.1, 0.15) is 24.2 Å². The highest BCUT2D eigenvalue weighted by Gasteiger charge is 2.42. The molecule has 0 radical (unpaired) electrons. The van der Waals surface area contributed by atoms with Crippen molar-refractivity contribution in [2.45, 2.75) is 26.1 Å². The summed E-state index contributed by atoms with van der Waals surface area (Å²) in [7, 11) is 0. The number of hydrogen-bond acceptors (Lipinski definition) is 3. The quantitative estimate of drug-likeness (QED) is 0.898. The Hall–Kier alpha value is -2.09. The van der Waals surface area contributed by atoms with Crippen molar-refractivity contribution < 1.29 is 27.9 Å². The van der Waals surface area contributed by atoms with Crippen molar-refractivity contribution in [1.29, 1.82) is 0 Å². The maximum Gasteiger partial charge on any atom is 0.416 e. The number of amides is 2. The highest BCUT2D eigenvalue weighted by molar-refractivity contribution is 5.96. The molecule has 1 aromatic carbocycles. The van der Waals surface area contributed by atoms with Crippen molar-refractivity contribution in [3.8, 4) is 0 Å². The maximum absolute atomic E-state index is 12.6. The molecule has 1 N–H and O–H groups in total. The molecule has 8 heteroatoms. The molecular weight excluding hydrogens is 337 g/mol. The smallest absolute Gasteiger partial charge is 0.382 e. The molecule has 5 nitrogen and oxygen atoms in total. The second-order valence-corrected chi connectivity index (χ2v) is 7.02. The van der Waals surface area contributed by atoms with Gasteiger partial charge in [0.2, 0.25) is 5.91 Å².